The van der Waals surface area contributed by atoms with Crippen LogP contribution in [0.15, 0.2) is 42.5 Å². The predicted octanol–water partition coefficient (Wildman–Crippen LogP) is 5.50. The maximum absolute atomic E-state index is 13.7. The van der Waals surface area contributed by atoms with Gasteiger partial charge in [-0.3, -0.25) is 9.59 Å². The molecule has 206 valence electrons. The van der Waals surface area contributed by atoms with Crippen molar-refractivity contribution in [1.29, 1.82) is 0 Å². The molecule has 2 aromatic rings. The van der Waals surface area contributed by atoms with Crippen molar-refractivity contribution in [3.05, 3.63) is 59.4 Å². The van der Waals surface area contributed by atoms with Gasteiger partial charge in [0.15, 0.2) is 0 Å². The number of anilines is 1. The van der Waals surface area contributed by atoms with E-state index in [-0.39, 0.29) is 29.6 Å². The minimum Gasteiger partial charge on any atom is -0.497 e. The van der Waals surface area contributed by atoms with Gasteiger partial charge in [0.05, 0.1) is 7.11 Å². The molecule has 2 atom stereocenters. The van der Waals surface area contributed by atoms with E-state index >= 15 is 0 Å². The lowest BCUT2D eigenvalue weighted by Crippen LogP contribution is -2.53. The van der Waals surface area contributed by atoms with Gasteiger partial charge in [0.2, 0.25) is 5.91 Å². The van der Waals surface area contributed by atoms with Crippen molar-refractivity contribution in [3.63, 3.8) is 0 Å². The zero-order valence-corrected chi connectivity index (χ0v) is 23.0. The van der Waals surface area contributed by atoms with Crippen LogP contribution in [0.4, 0.5) is 10.1 Å². The second-order valence-corrected chi connectivity index (χ2v) is 11.2. The lowest BCUT2D eigenvalue weighted by molar-refractivity contribution is -0.124. The van der Waals surface area contributed by atoms with E-state index in [0.29, 0.717) is 30.2 Å². The van der Waals surface area contributed by atoms with E-state index in [2.05, 4.69) is 29.4 Å². The number of halogens is 1. The van der Waals surface area contributed by atoms with E-state index < -0.39 is 6.04 Å². The molecule has 2 N–H and O–H groups in total. The van der Waals surface area contributed by atoms with Crippen LogP contribution in [0.25, 0.3) is 0 Å². The first-order valence-corrected chi connectivity index (χ1v) is 14.1. The summed E-state index contributed by atoms with van der Waals surface area (Å²) in [5, 5.41) is 6.28. The maximum atomic E-state index is 13.7. The van der Waals surface area contributed by atoms with Crippen LogP contribution < -0.4 is 20.3 Å². The number of hydrogen-bond donors (Lipinski definition) is 2. The molecular formula is C31H42FN3O3. The molecule has 1 saturated carbocycles. The fraction of sp³-hybridized carbons (Fsp3) is 0.548. The second-order valence-electron chi connectivity index (χ2n) is 11.2. The highest BCUT2D eigenvalue weighted by atomic mass is 19.1. The van der Waals surface area contributed by atoms with Crippen molar-refractivity contribution in [3.8, 4) is 5.75 Å². The number of rotatable bonds is 11. The van der Waals surface area contributed by atoms with Crippen LogP contribution in [0.2, 0.25) is 0 Å². The molecule has 1 aliphatic carbocycles. The number of fused-ring (bicyclic) bond motifs is 1. The Hall–Kier alpha value is -3.09. The summed E-state index contributed by atoms with van der Waals surface area (Å²) in [7, 11) is 1.57. The zero-order valence-electron chi connectivity index (χ0n) is 23.0. The van der Waals surface area contributed by atoms with E-state index in [0.717, 1.165) is 30.6 Å². The number of ether oxygens (including phenoxy) is 1. The van der Waals surface area contributed by atoms with Crippen molar-refractivity contribution >= 4 is 17.5 Å². The molecule has 0 aromatic heterocycles. The minimum absolute atomic E-state index is 0.107. The van der Waals surface area contributed by atoms with Gasteiger partial charge in [0.1, 0.15) is 17.6 Å². The Morgan fingerprint density at radius 1 is 1.08 bits per heavy atom. The Balaban J connectivity index is 1.45. The minimum atomic E-state index is -0.614. The van der Waals surface area contributed by atoms with Crippen LogP contribution in [-0.2, 0) is 11.2 Å². The third-order valence-electron chi connectivity index (χ3n) is 8.12. The smallest absolute Gasteiger partial charge is 0.252 e. The average molecular weight is 524 g/mol. The first kappa shape index (κ1) is 27.9. The summed E-state index contributed by atoms with van der Waals surface area (Å²) in [5.41, 5.74) is 2.52. The molecule has 2 aliphatic rings. The van der Waals surface area contributed by atoms with Gasteiger partial charge in [0.25, 0.3) is 5.91 Å². The Kier molecular flexibility index (Phi) is 9.64. The molecule has 1 heterocycles. The molecule has 6 nitrogen and oxygen atoms in total. The van der Waals surface area contributed by atoms with Crippen molar-refractivity contribution in [2.75, 3.05) is 25.1 Å². The van der Waals surface area contributed by atoms with Crippen LogP contribution in [-0.4, -0.2) is 44.1 Å². The van der Waals surface area contributed by atoms with Gasteiger partial charge in [-0.25, -0.2) is 4.39 Å². The van der Waals surface area contributed by atoms with Crippen molar-refractivity contribution in [2.24, 2.45) is 11.8 Å². The molecular weight excluding hydrogens is 481 g/mol. The summed E-state index contributed by atoms with van der Waals surface area (Å²) in [6, 6.07) is 11.2. The quantitative estimate of drug-likeness (QED) is 0.408. The van der Waals surface area contributed by atoms with E-state index in [9.17, 15) is 14.0 Å². The topological polar surface area (TPSA) is 70.7 Å². The number of amides is 2. The number of nitrogens with one attached hydrogen (secondary N) is 2. The summed E-state index contributed by atoms with van der Waals surface area (Å²) in [5.74, 6) is 0.767. The monoisotopic (exact) mass is 523 g/mol. The third kappa shape index (κ3) is 7.27. The maximum Gasteiger partial charge on any atom is 0.252 e. The number of benzene rings is 2. The van der Waals surface area contributed by atoms with Gasteiger partial charge in [0, 0.05) is 30.4 Å². The van der Waals surface area contributed by atoms with Crippen LogP contribution in [0.5, 0.6) is 5.75 Å². The number of hydrogen-bond acceptors (Lipinski definition) is 4. The largest absolute Gasteiger partial charge is 0.497 e. The molecule has 2 unspecified atom stereocenters. The second kappa shape index (κ2) is 13.1. The Bertz CT molecular complexity index is 1100. The molecule has 7 heteroatoms. The predicted molar refractivity (Wildman–Crippen MR) is 149 cm³/mol. The molecule has 38 heavy (non-hydrogen) atoms. The Labute approximate surface area is 226 Å². The number of methoxy groups -OCH3 is 1. The molecule has 0 radical (unpaired) electrons. The summed E-state index contributed by atoms with van der Waals surface area (Å²) in [6.45, 7) is 5.63. The van der Waals surface area contributed by atoms with E-state index in [1.54, 1.807) is 37.4 Å². The van der Waals surface area contributed by atoms with Gasteiger partial charge in [-0.2, -0.15) is 0 Å². The highest BCUT2D eigenvalue weighted by Gasteiger charge is 2.29. The average Bonchev–Trinajstić information content (AvgIpc) is 3.32. The fourth-order valence-corrected chi connectivity index (χ4v) is 5.73. The summed E-state index contributed by atoms with van der Waals surface area (Å²) < 4.78 is 19.0. The first-order chi connectivity index (χ1) is 18.3. The van der Waals surface area contributed by atoms with Crippen LogP contribution >= 0.6 is 0 Å². The van der Waals surface area contributed by atoms with Crippen LogP contribution in [0.1, 0.15) is 74.7 Å². The highest BCUT2D eigenvalue weighted by molar-refractivity contribution is 5.97. The third-order valence-corrected chi connectivity index (χ3v) is 8.12. The van der Waals surface area contributed by atoms with Gasteiger partial charge in [-0.15, -0.1) is 0 Å². The molecule has 2 aromatic carbocycles. The summed E-state index contributed by atoms with van der Waals surface area (Å²) >= 11 is 0. The van der Waals surface area contributed by atoms with Gasteiger partial charge in [-0.1, -0.05) is 52.0 Å². The van der Waals surface area contributed by atoms with Gasteiger partial charge >= 0.3 is 0 Å². The standard InChI is InChI=1S/C31H42FN3O3/c1-21(2)28(20-35-17-16-23-18-25(32)13-15-29(23)35)34-31(37)27(14-12-22-8-5-4-6-9-22)33-30(36)24-10-7-11-26(19-24)38-3/h7,10-11,13,15,18-19,21-22,27-28H,4-6,8-9,12,14,16-17,20H2,1-3H3,(H,33,36)(H,34,37). The number of carbonyl (C=O) groups is 2. The molecule has 0 bridgehead atoms. The molecule has 1 aliphatic heterocycles. The molecule has 4 rings (SSSR count). The van der Waals surface area contributed by atoms with Crippen molar-refractivity contribution < 1.29 is 18.7 Å². The molecule has 1 fully saturated rings. The van der Waals surface area contributed by atoms with Gasteiger partial charge < -0.3 is 20.3 Å². The Morgan fingerprint density at radius 2 is 1.87 bits per heavy atom. The fourth-order valence-electron chi connectivity index (χ4n) is 5.73. The zero-order chi connectivity index (χ0) is 27.1. The number of nitrogens with zero attached hydrogens (tertiary/aromatic N) is 1. The first-order valence-electron chi connectivity index (χ1n) is 14.1. The van der Waals surface area contributed by atoms with E-state index in [4.69, 9.17) is 4.74 Å². The summed E-state index contributed by atoms with van der Waals surface area (Å²) in [6.07, 6.45) is 8.50. The number of carbonyl (C=O) groups excluding carboxylic acids is 2. The SMILES string of the molecule is COc1cccc(C(=O)NC(CCC2CCCCC2)C(=O)NC(CN2CCc3cc(F)ccc32)C(C)C)c1. The normalized spacial score (nSPS) is 17.1. The Morgan fingerprint density at radius 3 is 2.61 bits per heavy atom. The van der Waals surface area contributed by atoms with E-state index in [1.165, 1.54) is 38.2 Å². The highest BCUT2D eigenvalue weighted by Crippen LogP contribution is 2.30. The summed E-state index contributed by atoms with van der Waals surface area (Å²) in [4.78, 5) is 29.1. The van der Waals surface area contributed by atoms with Crippen LogP contribution in [0.3, 0.4) is 0 Å². The van der Waals surface area contributed by atoms with Crippen molar-refractivity contribution in [1.82, 2.24) is 10.6 Å². The lowest BCUT2D eigenvalue weighted by atomic mass is 9.85. The molecule has 2 amide bonds. The molecule has 0 spiro atoms. The van der Waals surface area contributed by atoms with Gasteiger partial charge in [-0.05, 0) is 73.1 Å². The van der Waals surface area contributed by atoms with Crippen molar-refractivity contribution in [2.45, 2.75) is 77.3 Å². The molecule has 0 saturated heterocycles. The van der Waals surface area contributed by atoms with Crippen LogP contribution in [0, 0.1) is 17.7 Å². The lowest BCUT2D eigenvalue weighted by Gasteiger charge is -2.31. The van der Waals surface area contributed by atoms with E-state index in [1.807, 2.05) is 6.07 Å².